The molecule has 0 bridgehead atoms. The third kappa shape index (κ3) is 3.38. The monoisotopic (exact) mass is 295 g/mol. The van der Waals surface area contributed by atoms with Crippen LogP contribution in [0.1, 0.15) is 19.0 Å². The number of nitro groups is 1. The summed E-state index contributed by atoms with van der Waals surface area (Å²) in [6.45, 7) is 2.97. The minimum Gasteiger partial charge on any atom is -0.479 e. The van der Waals surface area contributed by atoms with E-state index in [1.54, 1.807) is 6.07 Å². The lowest BCUT2D eigenvalue weighted by atomic mass is 10.4. The van der Waals surface area contributed by atoms with Crippen LogP contribution in [0.5, 0.6) is 5.75 Å². The first kappa shape index (κ1) is 14.1. The van der Waals surface area contributed by atoms with Crippen LogP contribution in [-0.2, 0) is 6.61 Å². The molecule has 0 aliphatic heterocycles. The predicted molar refractivity (Wildman–Crippen MR) is 73.9 cm³/mol. The number of hydrogen-bond donors (Lipinski definition) is 1. The van der Waals surface area contributed by atoms with Crippen molar-refractivity contribution in [1.29, 1.82) is 0 Å². The molecule has 2 rings (SSSR count). The molecule has 1 N–H and O–H groups in total. The molecular weight excluding hydrogens is 282 g/mol. The smallest absolute Gasteiger partial charge is 0.406 e. The standard InChI is InChI=1S/C11H13N5O3S/c1-2-5-13-11-8(14-15-20-11)7-19-9-4-3-6-12-10(9)16(17)18/h3-4,6,13H,2,5,7H2,1H3. The molecule has 9 heteroatoms. The molecule has 20 heavy (non-hydrogen) atoms. The molecule has 0 saturated heterocycles. The second-order valence-corrected chi connectivity index (χ2v) is 4.60. The zero-order chi connectivity index (χ0) is 14.4. The number of hydrogen-bond acceptors (Lipinski definition) is 8. The second kappa shape index (κ2) is 6.75. The maximum atomic E-state index is 10.8. The van der Waals surface area contributed by atoms with Gasteiger partial charge in [0.2, 0.25) is 5.75 Å². The Morgan fingerprint density at radius 3 is 3.15 bits per heavy atom. The molecule has 0 unspecified atom stereocenters. The maximum Gasteiger partial charge on any atom is 0.406 e. The molecular formula is C11H13N5O3S. The topological polar surface area (TPSA) is 103 Å². The number of nitrogens with zero attached hydrogens (tertiary/aromatic N) is 4. The SMILES string of the molecule is CCCNc1snnc1COc1cccnc1[N+](=O)[O-]. The lowest BCUT2D eigenvalue weighted by Gasteiger charge is -2.06. The lowest BCUT2D eigenvalue weighted by Crippen LogP contribution is -2.05. The highest BCUT2D eigenvalue weighted by molar-refractivity contribution is 7.10. The highest BCUT2D eigenvalue weighted by atomic mass is 32.1. The number of nitrogens with one attached hydrogen (secondary N) is 1. The lowest BCUT2D eigenvalue weighted by molar-refractivity contribution is -0.390. The van der Waals surface area contributed by atoms with Crippen molar-refractivity contribution in [3.05, 3.63) is 34.1 Å². The highest BCUT2D eigenvalue weighted by Crippen LogP contribution is 2.25. The van der Waals surface area contributed by atoms with E-state index in [9.17, 15) is 10.1 Å². The summed E-state index contributed by atoms with van der Waals surface area (Å²) in [5, 5.41) is 18.8. The Labute approximate surface area is 119 Å². The van der Waals surface area contributed by atoms with Crippen molar-refractivity contribution < 1.29 is 9.66 Å². The van der Waals surface area contributed by atoms with Gasteiger partial charge in [0.15, 0.2) is 0 Å². The van der Waals surface area contributed by atoms with Gasteiger partial charge in [-0.05, 0) is 28.5 Å². The van der Waals surface area contributed by atoms with Gasteiger partial charge < -0.3 is 20.2 Å². The van der Waals surface area contributed by atoms with Crippen LogP contribution in [0, 0.1) is 10.1 Å². The van der Waals surface area contributed by atoms with Crippen molar-refractivity contribution in [3.8, 4) is 5.75 Å². The van der Waals surface area contributed by atoms with Gasteiger partial charge in [0.05, 0.1) is 0 Å². The van der Waals surface area contributed by atoms with Gasteiger partial charge in [0.25, 0.3) is 0 Å². The van der Waals surface area contributed by atoms with Gasteiger partial charge in [-0.2, -0.15) is 0 Å². The van der Waals surface area contributed by atoms with Crippen LogP contribution in [0.15, 0.2) is 18.3 Å². The summed E-state index contributed by atoms with van der Waals surface area (Å²) in [7, 11) is 0. The summed E-state index contributed by atoms with van der Waals surface area (Å²) in [6.07, 6.45) is 2.33. The van der Waals surface area contributed by atoms with E-state index >= 15 is 0 Å². The summed E-state index contributed by atoms with van der Waals surface area (Å²) in [6, 6.07) is 3.09. The zero-order valence-electron chi connectivity index (χ0n) is 10.8. The first-order chi connectivity index (χ1) is 9.72. The van der Waals surface area contributed by atoms with E-state index in [0.717, 1.165) is 18.0 Å². The largest absolute Gasteiger partial charge is 0.479 e. The Balaban J connectivity index is 2.06. The van der Waals surface area contributed by atoms with Gasteiger partial charge in [-0.15, -0.1) is 5.10 Å². The molecule has 0 atom stereocenters. The molecule has 2 aromatic rings. The third-order valence-electron chi connectivity index (χ3n) is 2.38. The molecule has 0 aromatic carbocycles. The van der Waals surface area contributed by atoms with E-state index in [2.05, 4.69) is 26.8 Å². The molecule has 106 valence electrons. The van der Waals surface area contributed by atoms with E-state index in [0.29, 0.717) is 5.69 Å². The summed E-state index contributed by atoms with van der Waals surface area (Å²) < 4.78 is 9.27. The number of pyridine rings is 1. The molecule has 0 amide bonds. The van der Waals surface area contributed by atoms with Gasteiger partial charge in [0, 0.05) is 18.1 Å². The average molecular weight is 295 g/mol. The van der Waals surface area contributed by atoms with E-state index < -0.39 is 4.92 Å². The molecule has 8 nitrogen and oxygen atoms in total. The van der Waals surface area contributed by atoms with Crippen molar-refractivity contribution in [1.82, 2.24) is 14.6 Å². The summed E-state index contributed by atoms with van der Waals surface area (Å²) in [4.78, 5) is 13.9. The van der Waals surface area contributed by atoms with Crippen LogP contribution in [-0.4, -0.2) is 26.0 Å². The first-order valence-electron chi connectivity index (χ1n) is 5.99. The van der Waals surface area contributed by atoms with Gasteiger partial charge in [0.1, 0.15) is 23.5 Å². The molecule has 0 spiro atoms. The Kier molecular flexibility index (Phi) is 4.77. The van der Waals surface area contributed by atoms with Crippen LogP contribution in [0.2, 0.25) is 0 Å². The van der Waals surface area contributed by atoms with Gasteiger partial charge in [-0.25, -0.2) is 0 Å². The van der Waals surface area contributed by atoms with Crippen LogP contribution < -0.4 is 10.1 Å². The fraction of sp³-hybridized carbons (Fsp3) is 0.364. The third-order valence-corrected chi connectivity index (χ3v) is 3.11. The van der Waals surface area contributed by atoms with Crippen molar-refractivity contribution in [2.45, 2.75) is 20.0 Å². The van der Waals surface area contributed by atoms with Crippen molar-refractivity contribution in [3.63, 3.8) is 0 Å². The normalized spacial score (nSPS) is 10.2. The van der Waals surface area contributed by atoms with Gasteiger partial charge >= 0.3 is 5.82 Å². The summed E-state index contributed by atoms with van der Waals surface area (Å²) in [5.74, 6) is -0.189. The molecule has 0 radical (unpaired) electrons. The van der Waals surface area contributed by atoms with Gasteiger partial charge in [-0.3, -0.25) is 0 Å². The van der Waals surface area contributed by atoms with Crippen molar-refractivity contribution in [2.75, 3.05) is 11.9 Å². The summed E-state index contributed by atoms with van der Waals surface area (Å²) in [5.41, 5.74) is 0.626. The quantitative estimate of drug-likeness (QED) is 0.617. The minimum atomic E-state index is -0.578. The second-order valence-electron chi connectivity index (χ2n) is 3.85. The Bertz CT molecular complexity index is 589. The fourth-order valence-corrected chi connectivity index (χ4v) is 2.05. The fourth-order valence-electron chi connectivity index (χ4n) is 1.45. The minimum absolute atomic E-state index is 0.106. The van der Waals surface area contributed by atoms with Crippen LogP contribution >= 0.6 is 11.5 Å². The first-order valence-corrected chi connectivity index (χ1v) is 6.77. The Morgan fingerprint density at radius 2 is 2.40 bits per heavy atom. The van der Waals surface area contributed by atoms with Crippen LogP contribution in [0.25, 0.3) is 0 Å². The average Bonchev–Trinajstić information content (AvgIpc) is 2.90. The molecule has 0 saturated carbocycles. The van der Waals surface area contributed by atoms with Crippen molar-refractivity contribution >= 4 is 22.4 Å². The Morgan fingerprint density at radius 1 is 1.55 bits per heavy atom. The molecule has 0 fully saturated rings. The molecule has 2 heterocycles. The van der Waals surface area contributed by atoms with E-state index in [-0.39, 0.29) is 18.2 Å². The number of rotatable bonds is 7. The van der Waals surface area contributed by atoms with Crippen molar-refractivity contribution in [2.24, 2.45) is 0 Å². The number of aromatic nitrogens is 3. The van der Waals surface area contributed by atoms with E-state index in [1.807, 2.05) is 0 Å². The van der Waals surface area contributed by atoms with E-state index in [1.165, 1.54) is 23.8 Å². The van der Waals surface area contributed by atoms with E-state index in [4.69, 9.17) is 4.74 Å². The summed E-state index contributed by atoms with van der Waals surface area (Å²) >= 11 is 1.23. The maximum absolute atomic E-state index is 10.8. The predicted octanol–water partition coefficient (Wildman–Crippen LogP) is 2.24. The molecule has 2 aromatic heterocycles. The molecule has 0 aliphatic carbocycles. The molecule has 0 aliphatic rings. The number of ether oxygens (including phenoxy) is 1. The van der Waals surface area contributed by atoms with Crippen LogP contribution in [0.3, 0.4) is 0 Å². The van der Waals surface area contributed by atoms with Gasteiger partial charge in [-0.1, -0.05) is 11.4 Å². The number of anilines is 1. The Hall–Kier alpha value is -2.29. The van der Waals surface area contributed by atoms with Crippen LogP contribution in [0.4, 0.5) is 10.8 Å². The highest BCUT2D eigenvalue weighted by Gasteiger charge is 2.17. The zero-order valence-corrected chi connectivity index (χ0v) is 11.6.